The van der Waals surface area contributed by atoms with E-state index in [0.29, 0.717) is 0 Å². The van der Waals surface area contributed by atoms with Crippen LogP contribution in [-0.4, -0.2) is 124 Å². The van der Waals surface area contributed by atoms with Crippen LogP contribution in [0.3, 0.4) is 0 Å². The molecule has 1 radical (unpaired) electrons. The molecule has 8 atom stereocenters. The number of aldehydes is 2. The second-order valence-corrected chi connectivity index (χ2v) is 4.78. The fraction of sp³-hybridized carbons (Fsp3) is 0.667. The van der Waals surface area contributed by atoms with Crippen molar-refractivity contribution in [1.29, 1.82) is 0 Å². The fourth-order valence-corrected chi connectivity index (χ4v) is 1.23. The second-order valence-electron chi connectivity index (χ2n) is 4.78. The van der Waals surface area contributed by atoms with Crippen LogP contribution >= 0.6 is 0 Å². The van der Waals surface area contributed by atoms with Crippen LogP contribution in [0.2, 0.25) is 0 Å². The first-order valence-electron chi connectivity index (χ1n) is 6.64. The smallest absolute Gasteiger partial charge is 0.335 e. The van der Waals surface area contributed by atoms with Crippen molar-refractivity contribution in [2.75, 3.05) is 0 Å². The van der Waals surface area contributed by atoms with Crippen molar-refractivity contribution in [3.63, 3.8) is 0 Å². The monoisotopic (exact) mass is 451 g/mol. The molecule has 0 saturated carbocycles. The number of aliphatic hydroxyl groups excluding tert-OH is 8. The maximum atomic E-state index is 10.1. The molecule has 0 spiro atoms. The predicted octanol–water partition coefficient (Wildman–Crippen LogP) is -6.58. The SMILES string of the molecule is O=C[C@H](O)[C@@H](O)[C@@H](O)[C@H](O)C(=O)O.O=C[C@H](O)[C@@H](O)[C@@H](O)[C@H](O)C(=O)O.[Cu]. The zero-order valence-corrected chi connectivity index (χ0v) is 14.1. The van der Waals surface area contributed by atoms with Gasteiger partial charge in [0.05, 0.1) is 0 Å². The van der Waals surface area contributed by atoms with Gasteiger partial charge in [-0.2, -0.15) is 0 Å². The quantitative estimate of drug-likeness (QED) is 0.109. The van der Waals surface area contributed by atoms with E-state index in [0.717, 1.165) is 0 Å². The molecule has 0 aliphatic heterocycles. The summed E-state index contributed by atoms with van der Waals surface area (Å²) in [7, 11) is 0. The first kappa shape index (κ1) is 30.2. The first-order chi connectivity index (χ1) is 11.8. The third-order valence-electron chi connectivity index (χ3n) is 2.83. The average molecular weight is 452 g/mol. The van der Waals surface area contributed by atoms with Gasteiger partial charge in [-0.15, -0.1) is 0 Å². The number of carboxylic acid groups (broad SMARTS) is 2. The van der Waals surface area contributed by atoms with E-state index in [2.05, 4.69) is 0 Å². The third-order valence-corrected chi connectivity index (χ3v) is 2.83. The van der Waals surface area contributed by atoms with E-state index in [1.807, 2.05) is 0 Å². The van der Waals surface area contributed by atoms with Crippen molar-refractivity contribution in [3.05, 3.63) is 0 Å². The van der Waals surface area contributed by atoms with E-state index in [1.54, 1.807) is 0 Å². The molecular weight excluding hydrogens is 432 g/mol. The molecule has 0 aliphatic rings. The summed E-state index contributed by atoms with van der Waals surface area (Å²) in [5, 5.41) is 86.4. The fourth-order valence-electron chi connectivity index (χ4n) is 1.23. The Morgan fingerprint density at radius 2 is 0.778 bits per heavy atom. The Morgan fingerprint density at radius 1 is 0.556 bits per heavy atom. The van der Waals surface area contributed by atoms with Crippen molar-refractivity contribution >= 4 is 24.5 Å². The molecule has 0 aromatic rings. The minimum absolute atomic E-state index is 0. The molecule has 0 rings (SSSR count). The number of hydrogen-bond acceptors (Lipinski definition) is 12. The molecule has 0 amide bonds. The number of aliphatic carboxylic acids is 2. The molecule has 27 heavy (non-hydrogen) atoms. The van der Waals surface area contributed by atoms with Crippen LogP contribution in [0.1, 0.15) is 0 Å². The second kappa shape index (κ2) is 14.5. The van der Waals surface area contributed by atoms with Crippen LogP contribution < -0.4 is 0 Å². The molecule has 0 bridgehead atoms. The summed E-state index contributed by atoms with van der Waals surface area (Å²) in [5.74, 6) is -3.52. The largest absolute Gasteiger partial charge is 0.479 e. The topological polar surface area (TPSA) is 271 Å². The van der Waals surface area contributed by atoms with E-state index in [-0.39, 0.29) is 29.6 Å². The Labute approximate surface area is 161 Å². The Balaban J connectivity index is -0.000000411. The summed E-state index contributed by atoms with van der Waals surface area (Å²) in [5.41, 5.74) is 0. The van der Waals surface area contributed by atoms with Crippen LogP contribution in [0.15, 0.2) is 0 Å². The molecule has 0 unspecified atom stereocenters. The Morgan fingerprint density at radius 3 is 0.926 bits per heavy atom. The van der Waals surface area contributed by atoms with Crippen molar-refractivity contribution in [2.24, 2.45) is 0 Å². The van der Waals surface area contributed by atoms with Gasteiger partial charge in [0.2, 0.25) is 0 Å². The van der Waals surface area contributed by atoms with Gasteiger partial charge in [0.1, 0.15) is 36.6 Å². The van der Waals surface area contributed by atoms with E-state index in [9.17, 15) is 19.2 Å². The normalized spacial score (nSPS) is 19.3. The zero-order valence-electron chi connectivity index (χ0n) is 13.2. The van der Waals surface area contributed by atoms with E-state index in [1.165, 1.54) is 0 Å². The van der Waals surface area contributed by atoms with Gasteiger partial charge >= 0.3 is 11.9 Å². The van der Waals surface area contributed by atoms with Gasteiger partial charge in [-0.05, 0) is 0 Å². The minimum atomic E-state index is -2.25. The van der Waals surface area contributed by atoms with Gasteiger partial charge < -0.3 is 60.7 Å². The minimum Gasteiger partial charge on any atom is -0.479 e. The van der Waals surface area contributed by atoms with Crippen molar-refractivity contribution in [3.8, 4) is 0 Å². The molecule has 10 N–H and O–H groups in total. The molecule has 14 nitrogen and oxygen atoms in total. The van der Waals surface area contributed by atoms with Gasteiger partial charge in [-0.3, -0.25) is 0 Å². The van der Waals surface area contributed by atoms with E-state index >= 15 is 0 Å². The third kappa shape index (κ3) is 10.4. The van der Waals surface area contributed by atoms with Crippen LogP contribution in [0.25, 0.3) is 0 Å². The number of carboxylic acids is 2. The predicted molar refractivity (Wildman–Crippen MR) is 75.5 cm³/mol. The van der Waals surface area contributed by atoms with Crippen molar-refractivity contribution < 1.29 is 87.3 Å². The molecule has 0 aliphatic carbocycles. The maximum Gasteiger partial charge on any atom is 0.335 e. The molecular formula is C12H20CuO14. The van der Waals surface area contributed by atoms with Gasteiger partial charge in [0, 0.05) is 17.1 Å². The van der Waals surface area contributed by atoms with Crippen LogP contribution in [-0.2, 0) is 36.2 Å². The molecule has 15 heteroatoms. The van der Waals surface area contributed by atoms with Crippen molar-refractivity contribution in [2.45, 2.75) is 48.8 Å². The van der Waals surface area contributed by atoms with Crippen molar-refractivity contribution in [1.82, 2.24) is 0 Å². The van der Waals surface area contributed by atoms with Gasteiger partial charge in [-0.1, -0.05) is 0 Å². The van der Waals surface area contributed by atoms with Gasteiger partial charge in [-0.25, -0.2) is 9.59 Å². The molecule has 0 fully saturated rings. The number of aliphatic hydroxyl groups is 8. The van der Waals surface area contributed by atoms with E-state index < -0.39 is 60.8 Å². The van der Waals surface area contributed by atoms with Crippen LogP contribution in [0.4, 0.5) is 0 Å². The molecule has 0 heterocycles. The first-order valence-corrected chi connectivity index (χ1v) is 6.64. The summed E-state index contributed by atoms with van der Waals surface area (Å²) >= 11 is 0. The maximum absolute atomic E-state index is 10.1. The summed E-state index contributed by atoms with van der Waals surface area (Å²) in [6.45, 7) is 0. The van der Waals surface area contributed by atoms with E-state index in [4.69, 9.17) is 51.1 Å². The van der Waals surface area contributed by atoms with Crippen LogP contribution in [0.5, 0.6) is 0 Å². The number of hydrogen-bond donors (Lipinski definition) is 10. The Hall–Kier alpha value is -1.52. The molecule has 0 aromatic heterocycles. The summed E-state index contributed by atoms with van der Waals surface area (Å²) in [4.78, 5) is 39.9. The average Bonchev–Trinajstić information content (AvgIpc) is 2.62. The standard InChI is InChI=1S/2C6H10O7.Cu/c2*7-1-2(8)3(9)4(10)5(11)6(12)13;/h2*1-5,8-11H,(H,12,13);/t2*2-,3+,4+,5-;/m00./s1. The number of rotatable bonds is 10. The summed E-state index contributed by atoms with van der Waals surface area (Å²) < 4.78 is 0. The van der Waals surface area contributed by atoms with Gasteiger partial charge in [0.15, 0.2) is 24.8 Å². The molecule has 0 saturated heterocycles. The zero-order chi connectivity index (χ0) is 21.2. The Bertz CT molecular complexity index is 431. The number of carbonyl (C=O) groups excluding carboxylic acids is 2. The summed E-state index contributed by atoms with van der Waals surface area (Å²) in [6, 6.07) is 0. The molecule has 0 aromatic carbocycles. The van der Waals surface area contributed by atoms with Crippen LogP contribution in [0, 0.1) is 0 Å². The van der Waals surface area contributed by atoms with Gasteiger partial charge in [0.25, 0.3) is 0 Å². The summed E-state index contributed by atoms with van der Waals surface area (Å²) in [6.07, 6.45) is -16.8. The molecule has 163 valence electrons. The number of carbonyl (C=O) groups is 4. The Kier molecular flexibility index (Phi) is 16.3.